The van der Waals surface area contributed by atoms with Crippen LogP contribution in [-0.4, -0.2) is 83.1 Å². The molecule has 4 amide bonds. The molecule has 0 spiro atoms. The highest BCUT2D eigenvalue weighted by atomic mass is 16.2. The summed E-state index contributed by atoms with van der Waals surface area (Å²) in [6.45, 7) is 3.55. The number of likely N-dealkylation sites (tertiary alicyclic amines) is 1. The Hall–Kier alpha value is -2.78. The van der Waals surface area contributed by atoms with Crippen LogP contribution in [-0.2, 0) is 27.5 Å². The van der Waals surface area contributed by atoms with Crippen LogP contribution in [0.1, 0.15) is 40.7 Å². The third-order valence-corrected chi connectivity index (χ3v) is 6.96. The van der Waals surface area contributed by atoms with E-state index in [9.17, 15) is 19.2 Å². The fraction of sp³-hybridized carbons (Fsp3) is 0.545. The van der Waals surface area contributed by atoms with Gasteiger partial charge in [0.05, 0.1) is 12.1 Å². The number of amides is 4. The lowest BCUT2D eigenvalue weighted by Gasteiger charge is -2.36. The number of carbonyl (C=O) groups is 4. The molecule has 164 valence electrons. The SMILES string of the molecule is CN(Cc1ccc2c(c1)CN(C1CCC(=O)NC1=O)C2=O)C1CCN(C2CNC2)C1=O. The Kier molecular flexibility index (Phi) is 5.02. The van der Waals surface area contributed by atoms with E-state index in [0.717, 1.165) is 37.2 Å². The van der Waals surface area contributed by atoms with Crippen molar-refractivity contribution in [1.29, 1.82) is 0 Å². The summed E-state index contributed by atoms with van der Waals surface area (Å²) in [4.78, 5) is 54.9. The Balaban J connectivity index is 1.25. The normalized spacial score (nSPS) is 26.5. The van der Waals surface area contributed by atoms with Crippen molar-refractivity contribution < 1.29 is 19.2 Å². The van der Waals surface area contributed by atoms with Crippen LogP contribution in [0.2, 0.25) is 0 Å². The lowest BCUT2D eigenvalue weighted by molar-refractivity contribution is -0.137. The zero-order chi connectivity index (χ0) is 21.7. The number of likely N-dealkylation sites (N-methyl/N-ethyl adjacent to an activating group) is 1. The Morgan fingerprint density at radius 2 is 1.90 bits per heavy atom. The number of carbonyl (C=O) groups excluding carboxylic acids is 4. The molecule has 0 radical (unpaired) electrons. The van der Waals surface area contributed by atoms with Gasteiger partial charge in [0.2, 0.25) is 17.7 Å². The monoisotopic (exact) mass is 425 g/mol. The van der Waals surface area contributed by atoms with Crippen molar-refractivity contribution >= 4 is 23.6 Å². The van der Waals surface area contributed by atoms with Crippen molar-refractivity contribution in [2.45, 2.75) is 50.5 Å². The highest BCUT2D eigenvalue weighted by Crippen LogP contribution is 2.29. The predicted molar refractivity (Wildman–Crippen MR) is 111 cm³/mol. The molecule has 1 aromatic rings. The van der Waals surface area contributed by atoms with Crippen LogP contribution in [0.5, 0.6) is 0 Å². The van der Waals surface area contributed by atoms with E-state index in [4.69, 9.17) is 0 Å². The van der Waals surface area contributed by atoms with Gasteiger partial charge in [-0.05, 0) is 37.1 Å². The zero-order valence-corrected chi connectivity index (χ0v) is 17.6. The lowest BCUT2D eigenvalue weighted by atomic mass is 10.0. The molecular weight excluding hydrogens is 398 g/mol. The molecule has 3 saturated heterocycles. The zero-order valence-electron chi connectivity index (χ0n) is 17.6. The average Bonchev–Trinajstić information content (AvgIpc) is 3.21. The van der Waals surface area contributed by atoms with E-state index in [2.05, 4.69) is 15.5 Å². The predicted octanol–water partition coefficient (Wildman–Crippen LogP) is -0.548. The summed E-state index contributed by atoms with van der Waals surface area (Å²) in [6, 6.07) is 5.35. The summed E-state index contributed by atoms with van der Waals surface area (Å²) >= 11 is 0. The minimum atomic E-state index is -0.605. The first-order valence-electron chi connectivity index (χ1n) is 10.9. The van der Waals surface area contributed by atoms with Gasteiger partial charge in [-0.15, -0.1) is 0 Å². The minimum absolute atomic E-state index is 0.115. The lowest BCUT2D eigenvalue weighted by Crippen LogP contribution is -2.58. The molecule has 1 aromatic carbocycles. The maximum absolute atomic E-state index is 12.8. The highest BCUT2D eigenvalue weighted by Gasteiger charge is 2.41. The number of nitrogens with one attached hydrogen (secondary N) is 2. The van der Waals surface area contributed by atoms with Gasteiger partial charge >= 0.3 is 0 Å². The summed E-state index contributed by atoms with van der Waals surface area (Å²) in [5.74, 6) is -0.651. The van der Waals surface area contributed by atoms with Gasteiger partial charge in [0.25, 0.3) is 5.91 Å². The smallest absolute Gasteiger partial charge is 0.255 e. The highest BCUT2D eigenvalue weighted by molar-refractivity contribution is 6.05. The topological polar surface area (TPSA) is 102 Å². The van der Waals surface area contributed by atoms with E-state index in [1.807, 2.05) is 30.1 Å². The number of benzene rings is 1. The molecule has 2 N–H and O–H groups in total. The van der Waals surface area contributed by atoms with Gasteiger partial charge in [0.1, 0.15) is 6.04 Å². The molecule has 0 bridgehead atoms. The molecule has 31 heavy (non-hydrogen) atoms. The Labute approximate surface area is 180 Å². The van der Waals surface area contributed by atoms with Crippen molar-refractivity contribution in [2.75, 3.05) is 26.7 Å². The molecule has 2 atom stereocenters. The number of imide groups is 1. The van der Waals surface area contributed by atoms with E-state index in [1.165, 1.54) is 0 Å². The van der Waals surface area contributed by atoms with Crippen LogP contribution in [0, 0.1) is 0 Å². The van der Waals surface area contributed by atoms with Gasteiger partial charge in [0, 0.05) is 44.7 Å². The van der Waals surface area contributed by atoms with Gasteiger partial charge in [0.15, 0.2) is 0 Å². The Morgan fingerprint density at radius 3 is 2.61 bits per heavy atom. The maximum Gasteiger partial charge on any atom is 0.255 e. The number of hydrogen-bond donors (Lipinski definition) is 2. The second kappa shape index (κ2) is 7.72. The average molecular weight is 425 g/mol. The van der Waals surface area contributed by atoms with Gasteiger partial charge in [-0.3, -0.25) is 29.4 Å². The molecular formula is C22H27N5O4. The third kappa shape index (κ3) is 3.51. The van der Waals surface area contributed by atoms with Crippen LogP contribution >= 0.6 is 0 Å². The number of hydrogen-bond acceptors (Lipinski definition) is 6. The second-order valence-corrected chi connectivity index (χ2v) is 8.95. The number of rotatable bonds is 5. The molecule has 4 aliphatic heterocycles. The first-order valence-corrected chi connectivity index (χ1v) is 10.9. The molecule has 2 unspecified atom stereocenters. The third-order valence-electron chi connectivity index (χ3n) is 6.96. The van der Waals surface area contributed by atoms with E-state index < -0.39 is 11.9 Å². The van der Waals surface area contributed by atoms with Crippen molar-refractivity contribution in [3.63, 3.8) is 0 Å². The number of fused-ring (bicyclic) bond motifs is 1. The first-order chi connectivity index (χ1) is 14.9. The maximum atomic E-state index is 12.8. The van der Waals surface area contributed by atoms with Gasteiger partial charge in [-0.1, -0.05) is 12.1 Å². The Bertz CT molecular complexity index is 959. The molecule has 9 nitrogen and oxygen atoms in total. The van der Waals surface area contributed by atoms with Crippen LogP contribution in [0.15, 0.2) is 18.2 Å². The molecule has 0 aliphatic carbocycles. The largest absolute Gasteiger partial charge is 0.336 e. The molecule has 4 heterocycles. The van der Waals surface area contributed by atoms with Crippen LogP contribution in [0.25, 0.3) is 0 Å². The van der Waals surface area contributed by atoms with E-state index in [0.29, 0.717) is 31.1 Å². The molecule has 0 aromatic heterocycles. The van der Waals surface area contributed by atoms with Gasteiger partial charge < -0.3 is 15.1 Å². The molecule has 3 fully saturated rings. The summed E-state index contributed by atoms with van der Waals surface area (Å²) in [7, 11) is 1.97. The van der Waals surface area contributed by atoms with Crippen molar-refractivity contribution in [3.8, 4) is 0 Å². The fourth-order valence-corrected chi connectivity index (χ4v) is 5.08. The van der Waals surface area contributed by atoms with Gasteiger partial charge in [-0.25, -0.2) is 0 Å². The molecule has 9 heteroatoms. The van der Waals surface area contributed by atoms with Crippen molar-refractivity contribution in [1.82, 2.24) is 25.3 Å². The molecule has 5 rings (SSSR count). The molecule has 4 aliphatic rings. The molecule has 0 saturated carbocycles. The summed E-state index contributed by atoms with van der Waals surface area (Å²) in [5.41, 5.74) is 2.54. The second-order valence-electron chi connectivity index (χ2n) is 8.95. The standard InChI is InChI=1S/C22H27N5O4/c1-25(18-6-7-26(22(18)31)15-9-23-10-15)11-13-2-3-16-14(8-13)12-27(21(16)30)17-4-5-19(28)24-20(17)29/h2-3,8,15,17-18,23H,4-7,9-12H2,1H3,(H,24,28,29). The Morgan fingerprint density at radius 1 is 1.10 bits per heavy atom. The van der Waals surface area contributed by atoms with Crippen molar-refractivity contribution in [3.05, 3.63) is 34.9 Å². The van der Waals surface area contributed by atoms with Gasteiger partial charge in [-0.2, -0.15) is 0 Å². The van der Waals surface area contributed by atoms with E-state index in [-0.39, 0.29) is 30.2 Å². The van der Waals surface area contributed by atoms with Crippen molar-refractivity contribution in [2.24, 2.45) is 0 Å². The van der Waals surface area contributed by atoms with E-state index in [1.54, 1.807) is 4.90 Å². The summed E-state index contributed by atoms with van der Waals surface area (Å²) in [5, 5.41) is 5.55. The quantitative estimate of drug-likeness (QED) is 0.614. The first kappa shape index (κ1) is 20.1. The van der Waals surface area contributed by atoms with Crippen LogP contribution in [0.3, 0.4) is 0 Å². The van der Waals surface area contributed by atoms with Crippen LogP contribution in [0.4, 0.5) is 0 Å². The number of piperidine rings is 1. The summed E-state index contributed by atoms with van der Waals surface area (Å²) < 4.78 is 0. The minimum Gasteiger partial charge on any atom is -0.336 e. The van der Waals surface area contributed by atoms with Crippen LogP contribution < -0.4 is 10.6 Å². The number of nitrogens with zero attached hydrogens (tertiary/aromatic N) is 3. The summed E-state index contributed by atoms with van der Waals surface area (Å²) in [6.07, 6.45) is 1.44. The fourth-order valence-electron chi connectivity index (χ4n) is 5.08. The van der Waals surface area contributed by atoms with E-state index >= 15 is 0 Å².